The van der Waals surface area contributed by atoms with Crippen LogP contribution in [0.25, 0.3) is 0 Å². The van der Waals surface area contributed by atoms with Crippen LogP contribution in [0.5, 0.6) is 0 Å². The van der Waals surface area contributed by atoms with E-state index in [9.17, 15) is 4.79 Å². The van der Waals surface area contributed by atoms with Gasteiger partial charge in [0.15, 0.2) is 0 Å². The predicted molar refractivity (Wildman–Crippen MR) is 56.6 cm³/mol. The smallest absolute Gasteiger partial charge is 0.326 e. The number of esters is 1. The number of rotatable bonds is 2. The number of carbonyl (C=O) groups excluding carboxylic acids is 1. The highest BCUT2D eigenvalue weighted by Crippen LogP contribution is 2.48. The van der Waals surface area contributed by atoms with Crippen LogP contribution in [0, 0.1) is 5.92 Å². The van der Waals surface area contributed by atoms with Crippen LogP contribution in [0.2, 0.25) is 0 Å². The third kappa shape index (κ3) is 1.89. The number of ether oxygens (including phenoxy) is 1. The minimum absolute atomic E-state index is 0. The summed E-state index contributed by atoms with van der Waals surface area (Å²) < 4.78 is 5.08. The summed E-state index contributed by atoms with van der Waals surface area (Å²) in [5.41, 5.74) is -0.271. The van der Waals surface area contributed by atoms with Gasteiger partial charge in [0.25, 0.3) is 0 Å². The molecule has 2 fully saturated rings. The summed E-state index contributed by atoms with van der Waals surface area (Å²) in [4.78, 5) is 11.6. The molecule has 2 atom stereocenters. The first-order chi connectivity index (χ1) is 6.29. The third-order valence-corrected chi connectivity index (χ3v) is 3.16. The fourth-order valence-electron chi connectivity index (χ4n) is 2.30. The molecule has 3 nitrogen and oxygen atoms in total. The standard InChI is InChI=1S/C10H17NO2.ClH/c1-2-13-9(12)10-7-8(10)5-3-4-6-11-10;/h8,11H,2-7H2,1H3;1H. The van der Waals surface area contributed by atoms with Crippen molar-refractivity contribution in [3.05, 3.63) is 0 Å². The molecule has 0 spiro atoms. The van der Waals surface area contributed by atoms with Gasteiger partial charge in [-0.3, -0.25) is 4.79 Å². The predicted octanol–water partition coefficient (Wildman–Crippen LogP) is 1.50. The second-order valence-electron chi connectivity index (χ2n) is 4.02. The van der Waals surface area contributed by atoms with Crippen LogP contribution in [0.15, 0.2) is 0 Å². The molecule has 0 aromatic carbocycles. The van der Waals surface area contributed by atoms with Crippen LogP contribution in [0.4, 0.5) is 0 Å². The maximum Gasteiger partial charge on any atom is 0.326 e. The Morgan fingerprint density at radius 1 is 1.57 bits per heavy atom. The Morgan fingerprint density at radius 3 is 3.07 bits per heavy atom. The van der Waals surface area contributed by atoms with Crippen LogP contribution in [0.1, 0.15) is 32.6 Å². The average molecular weight is 220 g/mol. The van der Waals surface area contributed by atoms with E-state index < -0.39 is 0 Å². The molecule has 0 amide bonds. The second-order valence-corrected chi connectivity index (χ2v) is 4.02. The van der Waals surface area contributed by atoms with E-state index in [1.165, 1.54) is 19.3 Å². The zero-order valence-corrected chi connectivity index (χ0v) is 9.36. The van der Waals surface area contributed by atoms with Crippen molar-refractivity contribution in [3.63, 3.8) is 0 Å². The van der Waals surface area contributed by atoms with Gasteiger partial charge in [-0.25, -0.2) is 0 Å². The maximum absolute atomic E-state index is 11.6. The molecule has 1 saturated heterocycles. The molecule has 1 heterocycles. The Bertz CT molecular complexity index is 222. The van der Waals surface area contributed by atoms with Crippen molar-refractivity contribution in [2.24, 2.45) is 5.92 Å². The van der Waals surface area contributed by atoms with Gasteiger partial charge in [-0.1, -0.05) is 6.42 Å². The van der Waals surface area contributed by atoms with Gasteiger partial charge in [-0.15, -0.1) is 12.4 Å². The summed E-state index contributed by atoms with van der Waals surface area (Å²) in [7, 11) is 0. The van der Waals surface area contributed by atoms with Gasteiger partial charge in [0, 0.05) is 0 Å². The van der Waals surface area contributed by atoms with Gasteiger partial charge in [-0.2, -0.15) is 0 Å². The highest BCUT2D eigenvalue weighted by atomic mass is 35.5. The SMILES string of the molecule is CCOC(=O)C12CC1CCCCN2.Cl. The topological polar surface area (TPSA) is 38.3 Å². The minimum atomic E-state index is -0.271. The first-order valence-electron chi connectivity index (χ1n) is 5.22. The molecule has 0 aromatic heterocycles. The molecule has 0 radical (unpaired) electrons. The van der Waals surface area contributed by atoms with E-state index in [1.807, 2.05) is 6.92 Å². The maximum atomic E-state index is 11.6. The van der Waals surface area contributed by atoms with Gasteiger partial charge < -0.3 is 10.1 Å². The molecule has 2 unspecified atom stereocenters. The van der Waals surface area contributed by atoms with Crippen molar-refractivity contribution in [1.29, 1.82) is 0 Å². The lowest BCUT2D eigenvalue weighted by Gasteiger charge is -2.15. The van der Waals surface area contributed by atoms with E-state index in [0.29, 0.717) is 12.5 Å². The van der Waals surface area contributed by atoms with Crippen molar-refractivity contribution >= 4 is 18.4 Å². The van der Waals surface area contributed by atoms with Crippen LogP contribution >= 0.6 is 12.4 Å². The van der Waals surface area contributed by atoms with Gasteiger partial charge in [-0.05, 0) is 38.6 Å². The Balaban J connectivity index is 0.000000980. The lowest BCUT2D eigenvalue weighted by Crippen LogP contribution is -2.42. The van der Waals surface area contributed by atoms with Crippen molar-refractivity contribution in [2.75, 3.05) is 13.2 Å². The van der Waals surface area contributed by atoms with Gasteiger partial charge in [0.2, 0.25) is 0 Å². The number of halogens is 1. The van der Waals surface area contributed by atoms with E-state index in [2.05, 4.69) is 5.32 Å². The molecular formula is C10H18ClNO2. The Hall–Kier alpha value is -0.280. The summed E-state index contributed by atoms with van der Waals surface area (Å²) in [6.07, 6.45) is 4.62. The molecule has 0 bridgehead atoms. The van der Waals surface area contributed by atoms with Crippen molar-refractivity contribution in [1.82, 2.24) is 5.32 Å². The summed E-state index contributed by atoms with van der Waals surface area (Å²) in [5.74, 6) is 0.524. The molecule has 1 N–H and O–H groups in total. The summed E-state index contributed by atoms with van der Waals surface area (Å²) >= 11 is 0. The molecule has 1 aliphatic heterocycles. The number of hydrogen-bond donors (Lipinski definition) is 1. The number of carbonyl (C=O) groups is 1. The van der Waals surface area contributed by atoms with E-state index >= 15 is 0 Å². The van der Waals surface area contributed by atoms with Crippen LogP contribution in [-0.4, -0.2) is 24.7 Å². The summed E-state index contributed by atoms with van der Waals surface area (Å²) in [6, 6.07) is 0. The summed E-state index contributed by atoms with van der Waals surface area (Å²) in [6.45, 7) is 3.33. The van der Waals surface area contributed by atoms with Crippen molar-refractivity contribution in [2.45, 2.75) is 38.1 Å². The lowest BCUT2D eigenvalue weighted by atomic mass is 10.1. The second kappa shape index (κ2) is 4.49. The fraction of sp³-hybridized carbons (Fsp3) is 0.900. The normalized spacial score (nSPS) is 34.8. The largest absolute Gasteiger partial charge is 0.465 e. The molecule has 2 rings (SSSR count). The van der Waals surface area contributed by atoms with Crippen LogP contribution in [-0.2, 0) is 9.53 Å². The Labute approximate surface area is 91.0 Å². The minimum Gasteiger partial charge on any atom is -0.465 e. The van der Waals surface area contributed by atoms with Gasteiger partial charge >= 0.3 is 5.97 Å². The van der Waals surface area contributed by atoms with Gasteiger partial charge in [0.05, 0.1) is 6.61 Å². The number of fused-ring (bicyclic) bond motifs is 1. The first-order valence-corrected chi connectivity index (χ1v) is 5.22. The summed E-state index contributed by atoms with van der Waals surface area (Å²) in [5, 5.41) is 3.34. The lowest BCUT2D eigenvalue weighted by molar-refractivity contribution is -0.147. The Kier molecular flexibility index (Phi) is 3.78. The first kappa shape index (κ1) is 11.8. The highest BCUT2D eigenvalue weighted by Gasteiger charge is 2.60. The quantitative estimate of drug-likeness (QED) is 0.716. The van der Waals surface area contributed by atoms with Crippen LogP contribution in [0.3, 0.4) is 0 Å². The van der Waals surface area contributed by atoms with E-state index in [0.717, 1.165) is 13.0 Å². The molecule has 4 heteroatoms. The average Bonchev–Trinajstić information content (AvgIpc) is 2.77. The fourth-order valence-corrected chi connectivity index (χ4v) is 2.30. The van der Waals surface area contributed by atoms with Crippen molar-refractivity contribution < 1.29 is 9.53 Å². The molecule has 1 aliphatic carbocycles. The number of hydrogen-bond acceptors (Lipinski definition) is 3. The van der Waals surface area contributed by atoms with Crippen molar-refractivity contribution in [3.8, 4) is 0 Å². The molecule has 1 saturated carbocycles. The number of nitrogens with one attached hydrogen (secondary N) is 1. The van der Waals surface area contributed by atoms with Crippen LogP contribution < -0.4 is 5.32 Å². The van der Waals surface area contributed by atoms with E-state index in [1.54, 1.807) is 0 Å². The molecule has 14 heavy (non-hydrogen) atoms. The molecular weight excluding hydrogens is 202 g/mol. The van der Waals surface area contributed by atoms with E-state index in [-0.39, 0.29) is 23.9 Å². The molecule has 0 aromatic rings. The highest BCUT2D eigenvalue weighted by molar-refractivity contribution is 5.85. The van der Waals surface area contributed by atoms with E-state index in [4.69, 9.17) is 4.74 Å². The third-order valence-electron chi connectivity index (χ3n) is 3.16. The monoisotopic (exact) mass is 219 g/mol. The zero-order chi connectivity index (χ0) is 9.31. The Morgan fingerprint density at radius 2 is 2.36 bits per heavy atom. The zero-order valence-electron chi connectivity index (χ0n) is 8.54. The van der Waals surface area contributed by atoms with Gasteiger partial charge in [0.1, 0.15) is 5.54 Å². The molecule has 82 valence electrons. The molecule has 2 aliphatic rings.